The number of benzene rings is 1. The van der Waals surface area contributed by atoms with Gasteiger partial charge in [-0.2, -0.15) is 5.10 Å². The van der Waals surface area contributed by atoms with Gasteiger partial charge >= 0.3 is 5.97 Å². The van der Waals surface area contributed by atoms with Crippen LogP contribution in [0.5, 0.6) is 5.75 Å². The van der Waals surface area contributed by atoms with Gasteiger partial charge in [0.15, 0.2) is 6.10 Å². The Balaban J connectivity index is 1.75. The van der Waals surface area contributed by atoms with Gasteiger partial charge in [-0.1, -0.05) is 0 Å². The van der Waals surface area contributed by atoms with Crippen LogP contribution in [0.15, 0.2) is 22.6 Å². The molecule has 8 heteroatoms. The average Bonchev–Trinajstić information content (AvgIpc) is 3.13. The van der Waals surface area contributed by atoms with E-state index in [1.807, 2.05) is 19.9 Å². The van der Waals surface area contributed by atoms with Gasteiger partial charge in [-0.05, 0) is 52.8 Å². The van der Waals surface area contributed by atoms with Crippen LogP contribution in [-0.4, -0.2) is 34.4 Å². The summed E-state index contributed by atoms with van der Waals surface area (Å²) >= 11 is 0. The SMILES string of the molecule is CCOc1ccc2oc(C(=O)O[C@@H](C)C(=O)Nc3c(C)nn(C)c3C)c(C)c2c1. The minimum absolute atomic E-state index is 0.0713. The zero-order chi connectivity index (χ0) is 21.3. The normalized spacial score (nSPS) is 12.1. The van der Waals surface area contributed by atoms with Gasteiger partial charge in [0.25, 0.3) is 5.91 Å². The molecular formula is C21H25N3O5. The summed E-state index contributed by atoms with van der Waals surface area (Å²) in [4.78, 5) is 25.1. The van der Waals surface area contributed by atoms with E-state index >= 15 is 0 Å². The van der Waals surface area contributed by atoms with Crippen LogP contribution in [0.4, 0.5) is 5.69 Å². The standard InChI is InChI=1S/C21H25N3O5/c1-7-27-15-8-9-17-16(10-15)11(2)19(29-17)21(26)28-14(5)20(25)22-18-12(3)23-24(6)13(18)4/h8-10,14H,7H2,1-6H3,(H,22,25)/t14-/m0/s1. The summed E-state index contributed by atoms with van der Waals surface area (Å²) < 4.78 is 18.2. The van der Waals surface area contributed by atoms with Crippen molar-refractivity contribution in [3.05, 3.63) is 40.9 Å². The largest absolute Gasteiger partial charge is 0.494 e. The average molecular weight is 399 g/mol. The zero-order valence-electron chi connectivity index (χ0n) is 17.5. The van der Waals surface area contributed by atoms with E-state index in [0.29, 0.717) is 34.9 Å². The summed E-state index contributed by atoms with van der Waals surface area (Å²) in [5.74, 6) is -0.371. The maximum absolute atomic E-state index is 12.6. The van der Waals surface area contributed by atoms with Crippen LogP contribution in [0.3, 0.4) is 0 Å². The molecule has 1 N–H and O–H groups in total. The lowest BCUT2D eigenvalue weighted by Crippen LogP contribution is -2.30. The fourth-order valence-electron chi connectivity index (χ4n) is 3.10. The Bertz CT molecular complexity index is 1080. The van der Waals surface area contributed by atoms with E-state index in [1.165, 1.54) is 6.92 Å². The quantitative estimate of drug-likeness (QED) is 0.636. The number of ether oxygens (including phenoxy) is 2. The van der Waals surface area contributed by atoms with Crippen LogP contribution >= 0.6 is 0 Å². The molecule has 0 saturated carbocycles. The first-order valence-electron chi connectivity index (χ1n) is 9.40. The number of aryl methyl sites for hydroxylation is 3. The number of furan rings is 1. The third kappa shape index (κ3) is 3.96. The first kappa shape index (κ1) is 20.4. The molecule has 0 radical (unpaired) electrons. The minimum atomic E-state index is -1.01. The Morgan fingerprint density at radius 1 is 1.28 bits per heavy atom. The van der Waals surface area contributed by atoms with Gasteiger partial charge in [-0.15, -0.1) is 0 Å². The van der Waals surface area contributed by atoms with Gasteiger partial charge in [0.1, 0.15) is 11.3 Å². The lowest BCUT2D eigenvalue weighted by molar-refractivity contribution is -0.123. The van der Waals surface area contributed by atoms with Gasteiger partial charge < -0.3 is 19.2 Å². The highest BCUT2D eigenvalue weighted by atomic mass is 16.6. The van der Waals surface area contributed by atoms with E-state index in [4.69, 9.17) is 13.9 Å². The van der Waals surface area contributed by atoms with Gasteiger partial charge in [0.05, 0.1) is 23.7 Å². The number of anilines is 1. The number of nitrogens with zero attached hydrogens (tertiary/aromatic N) is 2. The Morgan fingerprint density at radius 3 is 2.62 bits per heavy atom. The number of rotatable bonds is 6. The van der Waals surface area contributed by atoms with Crippen molar-refractivity contribution < 1.29 is 23.5 Å². The predicted molar refractivity (Wildman–Crippen MR) is 108 cm³/mol. The van der Waals surface area contributed by atoms with Gasteiger partial charge in [0.2, 0.25) is 5.76 Å². The van der Waals surface area contributed by atoms with Crippen LogP contribution < -0.4 is 10.1 Å². The molecule has 3 rings (SSSR count). The third-order valence-corrected chi connectivity index (χ3v) is 4.81. The van der Waals surface area contributed by atoms with Crippen molar-refractivity contribution in [2.75, 3.05) is 11.9 Å². The predicted octanol–water partition coefficient (Wildman–Crippen LogP) is 3.67. The Morgan fingerprint density at radius 2 is 2.00 bits per heavy atom. The van der Waals surface area contributed by atoms with Crippen LogP contribution in [0.2, 0.25) is 0 Å². The monoisotopic (exact) mass is 399 g/mol. The van der Waals surface area contributed by atoms with Crippen molar-refractivity contribution in [3.8, 4) is 5.75 Å². The zero-order valence-corrected chi connectivity index (χ0v) is 17.5. The molecule has 0 bridgehead atoms. The summed E-state index contributed by atoms with van der Waals surface area (Å²) in [5.41, 5.74) is 3.31. The third-order valence-electron chi connectivity index (χ3n) is 4.81. The fraction of sp³-hybridized carbons (Fsp3) is 0.381. The van der Waals surface area contributed by atoms with E-state index in [-0.39, 0.29) is 5.76 Å². The molecule has 2 heterocycles. The van der Waals surface area contributed by atoms with Crippen LogP contribution in [0, 0.1) is 20.8 Å². The van der Waals surface area contributed by atoms with Crippen LogP contribution in [-0.2, 0) is 16.6 Å². The molecule has 0 unspecified atom stereocenters. The lowest BCUT2D eigenvalue weighted by atomic mass is 10.1. The molecule has 0 fully saturated rings. The molecule has 0 aliphatic rings. The number of nitrogens with one attached hydrogen (secondary N) is 1. The van der Waals surface area contributed by atoms with E-state index in [0.717, 1.165) is 11.1 Å². The second kappa shape index (κ2) is 7.98. The molecule has 1 aromatic carbocycles. The molecule has 2 aromatic heterocycles. The van der Waals surface area contributed by atoms with Crippen molar-refractivity contribution in [3.63, 3.8) is 0 Å². The molecule has 0 spiro atoms. The second-order valence-electron chi connectivity index (χ2n) is 6.85. The summed E-state index contributed by atoms with van der Waals surface area (Å²) in [6.45, 7) is 9.37. The number of esters is 1. The Labute approximate surface area is 168 Å². The maximum Gasteiger partial charge on any atom is 0.375 e. The molecule has 0 saturated heterocycles. The fourth-order valence-corrected chi connectivity index (χ4v) is 3.10. The molecule has 29 heavy (non-hydrogen) atoms. The minimum Gasteiger partial charge on any atom is -0.494 e. The Hall–Kier alpha value is -3.29. The highest BCUT2D eigenvalue weighted by molar-refractivity contribution is 6.00. The highest BCUT2D eigenvalue weighted by Crippen LogP contribution is 2.29. The maximum atomic E-state index is 12.6. The topological polar surface area (TPSA) is 95.6 Å². The first-order valence-corrected chi connectivity index (χ1v) is 9.40. The number of amides is 1. The smallest absolute Gasteiger partial charge is 0.375 e. The van der Waals surface area contributed by atoms with Gasteiger partial charge in [0, 0.05) is 18.0 Å². The number of hydrogen-bond acceptors (Lipinski definition) is 6. The van der Waals surface area contributed by atoms with Crippen molar-refractivity contribution in [2.24, 2.45) is 7.05 Å². The number of carbonyl (C=O) groups is 2. The molecule has 1 amide bonds. The van der Waals surface area contributed by atoms with E-state index < -0.39 is 18.0 Å². The van der Waals surface area contributed by atoms with E-state index in [1.54, 1.807) is 37.7 Å². The number of hydrogen-bond donors (Lipinski definition) is 1. The van der Waals surface area contributed by atoms with Gasteiger partial charge in [-0.3, -0.25) is 9.48 Å². The Kier molecular flexibility index (Phi) is 5.63. The molecule has 0 aliphatic carbocycles. The summed E-state index contributed by atoms with van der Waals surface area (Å²) in [5, 5.41) is 7.79. The van der Waals surface area contributed by atoms with E-state index in [2.05, 4.69) is 10.4 Å². The highest BCUT2D eigenvalue weighted by Gasteiger charge is 2.25. The molecule has 1 atom stereocenters. The lowest BCUT2D eigenvalue weighted by Gasteiger charge is -2.13. The number of aromatic nitrogens is 2. The summed E-state index contributed by atoms with van der Waals surface area (Å²) in [6, 6.07) is 5.34. The van der Waals surface area contributed by atoms with Crippen LogP contribution in [0.25, 0.3) is 11.0 Å². The second-order valence-corrected chi connectivity index (χ2v) is 6.85. The van der Waals surface area contributed by atoms with E-state index in [9.17, 15) is 9.59 Å². The van der Waals surface area contributed by atoms with Crippen molar-refractivity contribution in [1.82, 2.24) is 9.78 Å². The molecule has 0 aliphatic heterocycles. The van der Waals surface area contributed by atoms with Crippen LogP contribution in [0.1, 0.15) is 41.4 Å². The molecule has 8 nitrogen and oxygen atoms in total. The molecular weight excluding hydrogens is 374 g/mol. The van der Waals surface area contributed by atoms with Crippen molar-refractivity contribution in [2.45, 2.75) is 40.7 Å². The number of fused-ring (bicyclic) bond motifs is 1. The number of carbonyl (C=O) groups excluding carboxylic acids is 2. The van der Waals surface area contributed by atoms with Crippen molar-refractivity contribution >= 4 is 28.5 Å². The molecule has 3 aromatic rings. The summed E-state index contributed by atoms with van der Waals surface area (Å²) in [6.07, 6.45) is -1.01. The summed E-state index contributed by atoms with van der Waals surface area (Å²) in [7, 11) is 1.79. The van der Waals surface area contributed by atoms with Gasteiger partial charge in [-0.25, -0.2) is 4.79 Å². The first-order chi connectivity index (χ1) is 13.7. The van der Waals surface area contributed by atoms with Crippen molar-refractivity contribution in [1.29, 1.82) is 0 Å². The molecule has 154 valence electrons.